The number of ketones is 2. The van der Waals surface area contributed by atoms with Gasteiger partial charge in [0.15, 0.2) is 41.0 Å². The number of aliphatic hydroxyl groups is 4. The monoisotopic (exact) mass is 772 g/mol. The van der Waals surface area contributed by atoms with Crippen LogP contribution in [-0.4, -0.2) is 116 Å². The van der Waals surface area contributed by atoms with Gasteiger partial charge in [-0.1, -0.05) is 33.3 Å². The third-order valence-corrected chi connectivity index (χ3v) is 15.5. The lowest BCUT2D eigenvalue weighted by Gasteiger charge is -2.58. The molecule has 304 valence electrons. The van der Waals surface area contributed by atoms with Crippen molar-refractivity contribution in [1.29, 1.82) is 0 Å². The van der Waals surface area contributed by atoms with E-state index < -0.39 is 46.4 Å². The highest BCUT2D eigenvalue weighted by Gasteiger charge is 2.72. The average Bonchev–Trinajstić information content (AvgIpc) is 4.08. The summed E-state index contributed by atoms with van der Waals surface area (Å²) in [7, 11) is 3.98. The van der Waals surface area contributed by atoms with Crippen molar-refractivity contribution in [2.45, 2.75) is 151 Å². The number of aromatic hydroxyl groups is 1. The van der Waals surface area contributed by atoms with E-state index in [0.717, 1.165) is 37.8 Å². The van der Waals surface area contributed by atoms with E-state index in [1.165, 1.54) is 0 Å². The Morgan fingerprint density at radius 1 is 0.875 bits per heavy atom. The maximum absolute atomic E-state index is 13.9. The van der Waals surface area contributed by atoms with E-state index in [0.29, 0.717) is 62.5 Å². The number of allylic oxidation sites excluding steroid dienone is 2. The number of likely N-dealkylation sites (N-methyl/N-ethyl adjacent to an activating group) is 2. The smallest absolute Gasteiger partial charge is 0.174 e. The topological polar surface area (TPSA) is 160 Å². The van der Waals surface area contributed by atoms with E-state index in [1.807, 2.05) is 31.9 Å². The van der Waals surface area contributed by atoms with Crippen molar-refractivity contribution in [3.05, 3.63) is 52.5 Å². The molecule has 5 N–H and O–H groups in total. The Morgan fingerprint density at radius 3 is 2.14 bits per heavy atom. The lowest BCUT2D eigenvalue weighted by Crippen LogP contribution is -2.72. The molecule has 2 bridgehead atoms. The number of hydrogen-bond donors (Lipinski definition) is 5. The van der Waals surface area contributed by atoms with Crippen molar-refractivity contribution in [2.75, 3.05) is 27.2 Å². The van der Waals surface area contributed by atoms with Crippen molar-refractivity contribution in [3.63, 3.8) is 0 Å². The van der Waals surface area contributed by atoms with Gasteiger partial charge in [-0.3, -0.25) is 19.4 Å². The molecule has 1 aromatic carbocycles. The minimum absolute atomic E-state index is 0.0657. The summed E-state index contributed by atoms with van der Waals surface area (Å²) in [5, 5.41) is 63.4. The van der Waals surface area contributed by atoms with Gasteiger partial charge in [0.05, 0.1) is 34.2 Å². The first-order valence-corrected chi connectivity index (χ1v) is 21.3. The maximum atomic E-state index is 13.9. The Bertz CT molecular complexity index is 1930. The lowest BCUT2D eigenvalue weighted by atomic mass is 9.50. The van der Waals surface area contributed by atoms with E-state index in [-0.39, 0.29) is 83.0 Å². The number of fused-ring (bicyclic) bond motifs is 1. The molecular formula is C45H60N2O9. The van der Waals surface area contributed by atoms with Crippen molar-refractivity contribution in [2.24, 2.45) is 17.3 Å². The normalized spacial score (nSPS) is 41.1. The number of carbonyl (C=O) groups excluding carboxylic acids is 2. The molecule has 5 fully saturated rings. The molecule has 11 heteroatoms. The van der Waals surface area contributed by atoms with Gasteiger partial charge >= 0.3 is 0 Å². The average molecular weight is 773 g/mol. The molecule has 56 heavy (non-hydrogen) atoms. The molecule has 0 radical (unpaired) electrons. The molecule has 0 spiro atoms. The Balaban J connectivity index is 1.24. The van der Waals surface area contributed by atoms with Crippen molar-refractivity contribution >= 4 is 17.1 Å². The molecule has 0 aromatic heterocycles. The van der Waals surface area contributed by atoms with Crippen LogP contribution in [0.25, 0.3) is 5.57 Å². The second-order valence-corrected chi connectivity index (χ2v) is 19.0. The fraction of sp³-hybridized carbons (Fsp3) is 0.689. The van der Waals surface area contributed by atoms with Crippen molar-refractivity contribution < 1.29 is 44.6 Å². The van der Waals surface area contributed by atoms with Gasteiger partial charge in [0, 0.05) is 55.1 Å². The van der Waals surface area contributed by atoms with Crippen LogP contribution < -0.4 is 4.74 Å². The fourth-order valence-corrected chi connectivity index (χ4v) is 12.7. The van der Waals surface area contributed by atoms with Crippen molar-refractivity contribution in [3.8, 4) is 11.5 Å². The number of hydrogen-bond acceptors (Lipinski definition) is 11. The van der Waals surface area contributed by atoms with Crippen LogP contribution in [0.5, 0.6) is 11.5 Å². The number of rotatable bonds is 11. The number of ether oxygens (including phenoxy) is 2. The number of benzene rings is 1. The predicted molar refractivity (Wildman–Crippen MR) is 209 cm³/mol. The van der Waals surface area contributed by atoms with Gasteiger partial charge in [-0.15, -0.1) is 0 Å². The van der Waals surface area contributed by atoms with Crippen LogP contribution in [0.2, 0.25) is 0 Å². The summed E-state index contributed by atoms with van der Waals surface area (Å²) >= 11 is 0. The first kappa shape index (κ1) is 38.3. The van der Waals surface area contributed by atoms with E-state index in [4.69, 9.17) is 9.47 Å². The second kappa shape index (κ2) is 13.1. The van der Waals surface area contributed by atoms with Gasteiger partial charge in [-0.25, -0.2) is 0 Å². The third kappa shape index (κ3) is 5.19. The zero-order valence-corrected chi connectivity index (χ0v) is 33.5. The van der Waals surface area contributed by atoms with E-state index in [9.17, 15) is 35.1 Å². The molecule has 2 heterocycles. The van der Waals surface area contributed by atoms with Crippen LogP contribution in [-0.2, 0) is 26.2 Å². The number of carbonyl (C=O) groups is 2. The van der Waals surface area contributed by atoms with Crippen LogP contribution in [0.3, 0.4) is 0 Å². The summed E-state index contributed by atoms with van der Waals surface area (Å²) in [5.41, 5.74) is -2.93. The summed E-state index contributed by atoms with van der Waals surface area (Å²) in [6.45, 7) is 9.87. The van der Waals surface area contributed by atoms with E-state index in [1.54, 1.807) is 6.08 Å². The molecule has 9 atom stereocenters. The van der Waals surface area contributed by atoms with Crippen molar-refractivity contribution in [1.82, 2.24) is 9.80 Å². The van der Waals surface area contributed by atoms with Gasteiger partial charge < -0.3 is 35.0 Å². The van der Waals surface area contributed by atoms with Gasteiger partial charge in [0.1, 0.15) is 5.76 Å². The highest BCUT2D eigenvalue weighted by atomic mass is 16.5. The molecule has 6 aliphatic carbocycles. The number of nitrogens with zero attached hydrogens (tertiary/aromatic N) is 2. The zero-order valence-electron chi connectivity index (χ0n) is 33.5. The van der Waals surface area contributed by atoms with Gasteiger partial charge in [-0.05, 0) is 107 Å². The lowest BCUT2D eigenvalue weighted by molar-refractivity contribution is -0.201. The molecule has 1 saturated heterocycles. The summed E-state index contributed by atoms with van der Waals surface area (Å²) in [6.07, 6.45) is 6.16. The second-order valence-electron chi connectivity index (χ2n) is 19.0. The third-order valence-electron chi connectivity index (χ3n) is 15.5. The Labute approximate surface area is 330 Å². The van der Waals surface area contributed by atoms with Gasteiger partial charge in [-0.2, -0.15) is 0 Å². The van der Waals surface area contributed by atoms with Gasteiger partial charge in [0.2, 0.25) is 0 Å². The van der Waals surface area contributed by atoms with Crippen LogP contribution in [0.15, 0.2) is 35.8 Å². The van der Waals surface area contributed by atoms with E-state index >= 15 is 0 Å². The summed E-state index contributed by atoms with van der Waals surface area (Å²) in [4.78, 5) is 32.0. The number of Topliss-reactive ketones (excluding diaryl/α,β-unsaturated/α-hetero) is 2. The molecule has 1 unspecified atom stereocenters. The molecule has 8 aliphatic rings. The zero-order chi connectivity index (χ0) is 39.7. The van der Waals surface area contributed by atoms with Crippen LogP contribution in [0.4, 0.5) is 0 Å². The van der Waals surface area contributed by atoms with Crippen LogP contribution in [0.1, 0.15) is 114 Å². The van der Waals surface area contributed by atoms with E-state index in [2.05, 4.69) is 18.5 Å². The minimum atomic E-state index is -1.55. The molecule has 2 aliphatic heterocycles. The minimum Gasteiger partial charge on any atom is -0.504 e. The summed E-state index contributed by atoms with van der Waals surface area (Å²) in [5.74, 6) is 0.472. The molecule has 4 saturated carbocycles. The molecule has 9 rings (SSSR count). The molecule has 1 aromatic rings. The standard InChI is InChI=1S/C45H60N2O9/c1-6-14-42-21-32-36(51)28(18-24(3)35(50)39(47(5)23-26-10-11-26)45(42,54)17-13-30(48)40(42)55-32)29-19-27-20-33(46(4)22-25-8-9-25)44(53)16-12-31(49)41-43(44,15-7-2)34(27)38(56-41)37(29)52/h18-19,25-26,33,35,39-41,50-54H,3,6-17,20-23H2,1-2,4-5H3/b28-18-,36-32-/t33-,35?,39-,40+,41+,42+,43+,44-,45-/m1/s1. The quantitative estimate of drug-likeness (QED) is 0.206. The first-order valence-electron chi connectivity index (χ1n) is 21.3. The molecule has 11 nitrogen and oxygen atoms in total. The highest BCUT2D eigenvalue weighted by molar-refractivity contribution is 5.92. The summed E-state index contributed by atoms with van der Waals surface area (Å²) in [6, 6.07) is 0.692. The molecular weight excluding hydrogens is 713 g/mol. The SMILES string of the molecule is C=C1/C=C(c2cc3c4c(c2O)O[C@H]2C(=O)CC[C@@](O)([C@H](N(C)CC5CC5)C3)[C@@]42CCC)\C(O)=C2/C[C@@]3(CCC)[C@@H](O2)C(=O)CC[C@@]3(O)[C@H](N(C)CC2CC2)C1O. The van der Waals surface area contributed by atoms with Crippen LogP contribution in [0, 0.1) is 17.3 Å². The Morgan fingerprint density at radius 2 is 1.50 bits per heavy atom. The number of phenols is 1. The molecule has 0 amide bonds. The Kier molecular flexibility index (Phi) is 8.99. The van der Waals surface area contributed by atoms with Crippen LogP contribution >= 0.6 is 0 Å². The Hall–Kier alpha value is -3.22. The highest BCUT2D eigenvalue weighted by Crippen LogP contribution is 2.65. The summed E-state index contributed by atoms with van der Waals surface area (Å²) < 4.78 is 13.1. The predicted octanol–water partition coefficient (Wildman–Crippen LogP) is 5.02. The largest absolute Gasteiger partial charge is 0.504 e. The first-order chi connectivity index (χ1) is 26.7. The number of phenolic OH excluding ortho intramolecular Hbond substituents is 1. The fourth-order valence-electron chi connectivity index (χ4n) is 12.7. The van der Waals surface area contributed by atoms with Gasteiger partial charge in [0.25, 0.3) is 0 Å². The number of aliphatic hydroxyl groups excluding tert-OH is 2. The maximum Gasteiger partial charge on any atom is 0.174 e.